The number of rotatable bonds is 3. The molecule has 3 aromatic carbocycles. The fourth-order valence-electron chi connectivity index (χ4n) is 5.06. The summed E-state index contributed by atoms with van der Waals surface area (Å²) in [6, 6.07) is 25.4. The first-order valence-corrected chi connectivity index (χ1v) is 13.5. The molecule has 166 valence electrons. The molecule has 4 nitrogen and oxygen atoms in total. The Kier molecular flexibility index (Phi) is 5.68. The van der Waals surface area contributed by atoms with Gasteiger partial charge in [0.2, 0.25) is 5.91 Å². The molecule has 0 bridgehead atoms. The summed E-state index contributed by atoms with van der Waals surface area (Å²) in [5.41, 5.74) is 2.37. The lowest BCUT2D eigenvalue weighted by Crippen LogP contribution is -2.53. The van der Waals surface area contributed by atoms with E-state index < -0.39 is 9.52 Å². The van der Waals surface area contributed by atoms with Gasteiger partial charge in [0.15, 0.2) is 0 Å². The summed E-state index contributed by atoms with van der Waals surface area (Å²) in [5.74, 6) is 5.17. The third-order valence-electron chi connectivity index (χ3n) is 6.97. The molecule has 1 unspecified atom stereocenters. The molecule has 0 spiro atoms. The Bertz CT molecular complexity index is 1210. The van der Waals surface area contributed by atoms with Crippen LogP contribution in [-0.4, -0.2) is 52.0 Å². The SMILES string of the molecule is C=S1(=O)CCC(C(=O)N2CCN(c3ccc4ccccc4c3)CC2c2ccccc2)CC1. The Morgan fingerprint density at radius 1 is 0.875 bits per heavy atom. The number of nitrogens with zero attached hydrogens (tertiary/aromatic N) is 2. The van der Waals surface area contributed by atoms with E-state index in [9.17, 15) is 9.00 Å². The van der Waals surface area contributed by atoms with Gasteiger partial charge in [0.1, 0.15) is 0 Å². The summed E-state index contributed by atoms with van der Waals surface area (Å²) < 4.78 is 12.3. The quantitative estimate of drug-likeness (QED) is 0.562. The highest BCUT2D eigenvalue weighted by atomic mass is 32.2. The van der Waals surface area contributed by atoms with Crippen molar-refractivity contribution in [3.8, 4) is 0 Å². The minimum absolute atomic E-state index is 0.00922. The number of hydrogen-bond acceptors (Lipinski definition) is 3. The van der Waals surface area contributed by atoms with Crippen LogP contribution >= 0.6 is 0 Å². The third-order valence-corrected chi connectivity index (χ3v) is 8.93. The van der Waals surface area contributed by atoms with Crippen molar-refractivity contribution in [2.75, 3.05) is 36.0 Å². The van der Waals surface area contributed by atoms with Crippen LogP contribution in [0.15, 0.2) is 72.8 Å². The molecule has 0 aromatic heterocycles. The molecule has 0 saturated carbocycles. The third kappa shape index (κ3) is 4.26. The molecule has 2 aliphatic rings. The van der Waals surface area contributed by atoms with E-state index >= 15 is 0 Å². The molecule has 1 atom stereocenters. The molecule has 32 heavy (non-hydrogen) atoms. The first kappa shape index (κ1) is 21.1. The predicted octanol–water partition coefficient (Wildman–Crippen LogP) is 4.36. The summed E-state index contributed by atoms with van der Waals surface area (Å²) in [7, 11) is -1.99. The number of hydrogen-bond donors (Lipinski definition) is 0. The van der Waals surface area contributed by atoms with Gasteiger partial charge in [0.25, 0.3) is 0 Å². The molecule has 0 N–H and O–H groups in total. The Morgan fingerprint density at radius 2 is 1.56 bits per heavy atom. The monoisotopic (exact) mass is 446 g/mol. The summed E-state index contributed by atoms with van der Waals surface area (Å²) in [6.07, 6.45) is 1.38. The molecule has 0 radical (unpaired) electrons. The van der Waals surface area contributed by atoms with Crippen LogP contribution in [0, 0.1) is 5.92 Å². The highest BCUT2D eigenvalue weighted by Crippen LogP contribution is 2.33. The maximum atomic E-state index is 13.6. The highest BCUT2D eigenvalue weighted by molar-refractivity contribution is 8.00. The highest BCUT2D eigenvalue weighted by Gasteiger charge is 2.36. The van der Waals surface area contributed by atoms with Crippen molar-refractivity contribution < 1.29 is 9.00 Å². The Hall–Kier alpha value is -2.79. The van der Waals surface area contributed by atoms with Crippen molar-refractivity contribution in [1.29, 1.82) is 0 Å². The molecule has 2 heterocycles. The zero-order chi connectivity index (χ0) is 22.1. The van der Waals surface area contributed by atoms with Crippen LogP contribution < -0.4 is 4.90 Å². The topological polar surface area (TPSA) is 40.6 Å². The van der Waals surface area contributed by atoms with E-state index in [0.717, 1.165) is 13.1 Å². The number of amides is 1. The lowest BCUT2D eigenvalue weighted by Gasteiger charge is -2.44. The summed E-state index contributed by atoms with van der Waals surface area (Å²) in [6.45, 7) is 2.28. The van der Waals surface area contributed by atoms with E-state index in [4.69, 9.17) is 0 Å². The van der Waals surface area contributed by atoms with Crippen LogP contribution in [0.5, 0.6) is 0 Å². The second-order valence-electron chi connectivity index (χ2n) is 9.08. The zero-order valence-corrected chi connectivity index (χ0v) is 19.2. The van der Waals surface area contributed by atoms with Gasteiger partial charge in [-0.2, -0.15) is 0 Å². The van der Waals surface area contributed by atoms with E-state index in [1.54, 1.807) is 0 Å². The van der Waals surface area contributed by atoms with Crippen molar-refractivity contribution in [1.82, 2.24) is 4.90 Å². The lowest BCUT2D eigenvalue weighted by molar-refractivity contribution is -0.138. The number of fused-ring (bicyclic) bond motifs is 1. The first-order chi connectivity index (χ1) is 15.5. The van der Waals surface area contributed by atoms with E-state index in [1.807, 2.05) is 18.2 Å². The largest absolute Gasteiger partial charge is 0.367 e. The average Bonchev–Trinajstić information content (AvgIpc) is 2.83. The van der Waals surface area contributed by atoms with Gasteiger partial charge in [-0.1, -0.05) is 60.7 Å². The van der Waals surface area contributed by atoms with E-state index in [0.29, 0.717) is 30.9 Å². The second kappa shape index (κ2) is 8.62. The average molecular weight is 447 g/mol. The first-order valence-electron chi connectivity index (χ1n) is 11.4. The van der Waals surface area contributed by atoms with Gasteiger partial charge in [0.05, 0.1) is 6.04 Å². The van der Waals surface area contributed by atoms with Crippen LogP contribution in [0.4, 0.5) is 5.69 Å². The van der Waals surface area contributed by atoms with Crippen LogP contribution in [0.3, 0.4) is 0 Å². The fraction of sp³-hybridized carbons (Fsp3) is 0.333. The Balaban J connectivity index is 1.41. The molecular formula is C27H30N2O2S. The molecule has 0 aliphatic carbocycles. The molecule has 2 fully saturated rings. The molecule has 1 amide bonds. The van der Waals surface area contributed by atoms with Crippen molar-refractivity contribution in [3.63, 3.8) is 0 Å². The molecule has 2 aliphatic heterocycles. The minimum atomic E-state index is -1.99. The number of benzene rings is 3. The van der Waals surface area contributed by atoms with Gasteiger partial charge in [-0.25, -0.2) is 0 Å². The normalized spacial score (nSPS) is 26.2. The van der Waals surface area contributed by atoms with Gasteiger partial charge in [0, 0.05) is 42.7 Å². The van der Waals surface area contributed by atoms with Crippen molar-refractivity contribution >= 4 is 37.8 Å². The molecule has 3 aromatic rings. The fourth-order valence-corrected chi connectivity index (χ4v) is 6.69. The van der Waals surface area contributed by atoms with Crippen LogP contribution in [0.25, 0.3) is 10.8 Å². The summed E-state index contributed by atoms with van der Waals surface area (Å²) in [5, 5.41) is 2.47. The minimum Gasteiger partial charge on any atom is -0.367 e. The number of carbonyl (C=O) groups excluding carboxylic acids is 1. The summed E-state index contributed by atoms with van der Waals surface area (Å²) >= 11 is 0. The Labute approximate surface area is 190 Å². The maximum absolute atomic E-state index is 13.6. The van der Waals surface area contributed by atoms with Crippen LogP contribution in [-0.2, 0) is 14.3 Å². The second-order valence-corrected chi connectivity index (χ2v) is 11.8. The summed E-state index contributed by atoms with van der Waals surface area (Å²) in [4.78, 5) is 18.0. The molecule has 5 heteroatoms. The maximum Gasteiger partial charge on any atom is 0.226 e. The van der Waals surface area contributed by atoms with E-state index in [-0.39, 0.29) is 17.9 Å². The molecular weight excluding hydrogens is 416 g/mol. The predicted molar refractivity (Wildman–Crippen MR) is 135 cm³/mol. The van der Waals surface area contributed by atoms with Crippen LogP contribution in [0.1, 0.15) is 24.4 Å². The smallest absolute Gasteiger partial charge is 0.226 e. The van der Waals surface area contributed by atoms with Gasteiger partial charge in [-0.05, 0) is 56.7 Å². The van der Waals surface area contributed by atoms with Gasteiger partial charge in [-0.3, -0.25) is 9.00 Å². The lowest BCUT2D eigenvalue weighted by atomic mass is 9.96. The van der Waals surface area contributed by atoms with Crippen molar-refractivity contribution in [2.45, 2.75) is 18.9 Å². The van der Waals surface area contributed by atoms with Crippen LogP contribution in [0.2, 0.25) is 0 Å². The van der Waals surface area contributed by atoms with E-state index in [1.165, 1.54) is 22.0 Å². The van der Waals surface area contributed by atoms with Gasteiger partial charge in [-0.15, -0.1) is 0 Å². The molecule has 2 saturated heterocycles. The standard InChI is InChI=1S/C27H30N2O2S/c1-32(31)17-13-23(14-18-32)27(30)29-16-15-28(20-26(29)22-8-3-2-4-9-22)25-12-11-21-7-5-6-10-24(21)19-25/h2-12,19,23,26H,1,13-18,20H2. The Morgan fingerprint density at radius 3 is 2.31 bits per heavy atom. The van der Waals surface area contributed by atoms with E-state index in [2.05, 4.69) is 70.3 Å². The number of anilines is 1. The van der Waals surface area contributed by atoms with Gasteiger partial charge >= 0.3 is 0 Å². The zero-order valence-electron chi connectivity index (χ0n) is 18.4. The van der Waals surface area contributed by atoms with Crippen molar-refractivity contribution in [2.24, 2.45) is 5.92 Å². The molecule has 5 rings (SSSR count). The van der Waals surface area contributed by atoms with Gasteiger partial charge < -0.3 is 9.80 Å². The van der Waals surface area contributed by atoms with Crippen molar-refractivity contribution in [3.05, 3.63) is 78.4 Å². The number of carbonyl (C=O) groups is 1. The number of piperazine rings is 1.